The second-order valence-corrected chi connectivity index (χ2v) is 5.13. The van der Waals surface area contributed by atoms with Crippen LogP contribution in [0.5, 0.6) is 0 Å². The summed E-state index contributed by atoms with van der Waals surface area (Å²) < 4.78 is 5.82. The lowest BCUT2D eigenvalue weighted by Gasteiger charge is -2.24. The number of nitrogens with zero attached hydrogens (tertiary/aromatic N) is 2. The maximum absolute atomic E-state index is 8.95. The van der Waals surface area contributed by atoms with E-state index in [0.717, 1.165) is 30.2 Å². The van der Waals surface area contributed by atoms with Crippen LogP contribution in [-0.4, -0.2) is 34.2 Å². The van der Waals surface area contributed by atoms with Gasteiger partial charge in [-0.15, -0.1) is 0 Å². The Hall–Kier alpha value is -1.65. The van der Waals surface area contributed by atoms with E-state index < -0.39 is 0 Å². The van der Waals surface area contributed by atoms with E-state index in [9.17, 15) is 0 Å². The molecule has 0 saturated carbocycles. The van der Waals surface area contributed by atoms with Gasteiger partial charge in [0.05, 0.1) is 12.7 Å². The number of hydrogen-bond acceptors (Lipinski definition) is 4. The van der Waals surface area contributed by atoms with Crippen LogP contribution in [-0.2, 0) is 6.54 Å². The lowest BCUT2D eigenvalue weighted by Crippen LogP contribution is -2.31. The zero-order valence-electron chi connectivity index (χ0n) is 12.1. The Morgan fingerprint density at radius 3 is 2.65 bits per heavy atom. The third kappa shape index (κ3) is 3.92. The van der Waals surface area contributed by atoms with Crippen molar-refractivity contribution in [3.8, 4) is 11.3 Å². The highest BCUT2D eigenvalue weighted by Crippen LogP contribution is 2.20. The summed E-state index contributed by atoms with van der Waals surface area (Å²) in [5.41, 5.74) is 1.04. The van der Waals surface area contributed by atoms with Gasteiger partial charge in [-0.2, -0.15) is 0 Å². The van der Waals surface area contributed by atoms with Crippen molar-refractivity contribution in [2.24, 2.45) is 0 Å². The molecule has 108 valence electrons. The fourth-order valence-corrected chi connectivity index (χ4v) is 2.09. The van der Waals surface area contributed by atoms with E-state index in [0.29, 0.717) is 12.6 Å². The molecule has 0 aliphatic rings. The van der Waals surface area contributed by atoms with Crippen LogP contribution in [0.25, 0.3) is 11.3 Å². The van der Waals surface area contributed by atoms with E-state index in [1.54, 1.807) is 6.20 Å². The minimum absolute atomic E-state index is 0.212. The molecule has 0 radical (unpaired) electrons. The van der Waals surface area contributed by atoms with Gasteiger partial charge in [-0.25, -0.2) is 4.98 Å². The van der Waals surface area contributed by atoms with Crippen molar-refractivity contribution in [3.63, 3.8) is 0 Å². The maximum Gasteiger partial charge on any atom is 0.209 e. The molecular formula is C16H22N2O2. The van der Waals surface area contributed by atoms with Gasteiger partial charge >= 0.3 is 0 Å². The molecule has 4 nitrogen and oxygen atoms in total. The molecule has 1 aromatic heterocycles. The molecule has 1 aromatic carbocycles. The van der Waals surface area contributed by atoms with Crippen LogP contribution in [0.15, 0.2) is 40.9 Å². The molecule has 2 aromatic rings. The minimum Gasteiger partial charge on any atom is -0.439 e. The molecule has 4 heteroatoms. The lowest BCUT2D eigenvalue weighted by atomic mass is 10.2. The first kappa shape index (κ1) is 14.8. The van der Waals surface area contributed by atoms with Crippen molar-refractivity contribution >= 4 is 0 Å². The van der Waals surface area contributed by atoms with E-state index in [1.165, 1.54) is 0 Å². The van der Waals surface area contributed by atoms with Gasteiger partial charge in [0.25, 0.3) is 0 Å². The van der Waals surface area contributed by atoms with Gasteiger partial charge < -0.3 is 9.52 Å². The van der Waals surface area contributed by atoms with Gasteiger partial charge in [0.15, 0.2) is 5.76 Å². The molecule has 0 spiro atoms. The predicted octanol–water partition coefficient (Wildman–Crippen LogP) is 2.93. The van der Waals surface area contributed by atoms with Gasteiger partial charge in [-0.3, -0.25) is 4.90 Å². The molecular weight excluding hydrogens is 252 g/mol. The van der Waals surface area contributed by atoms with E-state index in [4.69, 9.17) is 9.52 Å². The monoisotopic (exact) mass is 274 g/mol. The van der Waals surface area contributed by atoms with Crippen LogP contribution in [0.2, 0.25) is 0 Å². The third-order valence-corrected chi connectivity index (χ3v) is 3.28. The molecule has 0 aliphatic heterocycles. The quantitative estimate of drug-likeness (QED) is 0.843. The summed E-state index contributed by atoms with van der Waals surface area (Å²) in [5, 5.41) is 8.95. The molecule has 0 fully saturated rings. The second-order valence-electron chi connectivity index (χ2n) is 5.13. The van der Waals surface area contributed by atoms with Crippen LogP contribution in [0, 0.1) is 0 Å². The Morgan fingerprint density at radius 2 is 2.00 bits per heavy atom. The number of rotatable bonds is 7. The third-order valence-electron chi connectivity index (χ3n) is 3.28. The smallest absolute Gasteiger partial charge is 0.209 e. The number of aliphatic hydroxyl groups is 1. The normalized spacial score (nSPS) is 11.4. The molecule has 0 saturated heterocycles. The molecule has 0 bridgehead atoms. The Morgan fingerprint density at radius 1 is 1.25 bits per heavy atom. The zero-order valence-corrected chi connectivity index (χ0v) is 12.1. The summed E-state index contributed by atoms with van der Waals surface area (Å²) in [6.45, 7) is 6.00. The highest BCUT2D eigenvalue weighted by Gasteiger charge is 2.13. The summed E-state index contributed by atoms with van der Waals surface area (Å²) in [5.74, 6) is 1.52. The Kier molecular flexibility index (Phi) is 5.32. The lowest BCUT2D eigenvalue weighted by molar-refractivity contribution is 0.171. The summed E-state index contributed by atoms with van der Waals surface area (Å²) >= 11 is 0. The zero-order chi connectivity index (χ0) is 14.4. The van der Waals surface area contributed by atoms with Crippen LogP contribution in [0.1, 0.15) is 26.2 Å². The van der Waals surface area contributed by atoms with Gasteiger partial charge in [0.2, 0.25) is 5.89 Å². The van der Waals surface area contributed by atoms with Gasteiger partial charge in [-0.1, -0.05) is 30.3 Å². The minimum atomic E-state index is 0.212. The fraction of sp³-hybridized carbons (Fsp3) is 0.438. The highest BCUT2D eigenvalue weighted by molar-refractivity contribution is 5.55. The molecule has 0 atom stereocenters. The van der Waals surface area contributed by atoms with Crippen LogP contribution in [0.4, 0.5) is 0 Å². The molecule has 0 unspecified atom stereocenters. The number of oxazole rings is 1. The number of benzene rings is 1. The van der Waals surface area contributed by atoms with Crippen molar-refractivity contribution in [2.45, 2.75) is 32.9 Å². The average molecular weight is 274 g/mol. The molecule has 0 amide bonds. The number of aromatic nitrogens is 1. The van der Waals surface area contributed by atoms with E-state index in [1.807, 2.05) is 30.3 Å². The van der Waals surface area contributed by atoms with Crippen molar-refractivity contribution in [2.75, 3.05) is 13.2 Å². The molecule has 1 heterocycles. The standard InChI is InChI=1S/C16H22N2O2/c1-13(2)18(9-6-10-19)12-16-17-11-15(20-16)14-7-4-3-5-8-14/h3-5,7-8,11,13,19H,6,9-10,12H2,1-2H3. The Labute approximate surface area is 120 Å². The number of hydrogen-bond donors (Lipinski definition) is 1. The van der Waals surface area contributed by atoms with Gasteiger partial charge in [-0.05, 0) is 20.3 Å². The van der Waals surface area contributed by atoms with Crippen molar-refractivity contribution in [1.82, 2.24) is 9.88 Å². The Balaban J connectivity index is 2.04. The summed E-state index contributed by atoms with van der Waals surface area (Å²) in [6.07, 6.45) is 2.54. The van der Waals surface area contributed by atoms with Crippen LogP contribution in [0.3, 0.4) is 0 Å². The second kappa shape index (κ2) is 7.22. The molecule has 0 aliphatic carbocycles. The molecule has 2 rings (SSSR count). The topological polar surface area (TPSA) is 49.5 Å². The van der Waals surface area contributed by atoms with Gasteiger partial charge in [0, 0.05) is 24.8 Å². The molecule has 20 heavy (non-hydrogen) atoms. The van der Waals surface area contributed by atoms with Crippen molar-refractivity contribution in [1.29, 1.82) is 0 Å². The summed E-state index contributed by atoms with van der Waals surface area (Å²) in [7, 11) is 0. The Bertz CT molecular complexity index is 508. The SMILES string of the molecule is CC(C)N(CCCO)Cc1ncc(-c2ccccc2)o1. The van der Waals surface area contributed by atoms with E-state index in [2.05, 4.69) is 23.7 Å². The number of aliphatic hydroxyl groups excluding tert-OH is 1. The first-order valence-corrected chi connectivity index (χ1v) is 7.05. The van der Waals surface area contributed by atoms with Crippen LogP contribution < -0.4 is 0 Å². The predicted molar refractivity (Wildman–Crippen MR) is 79.2 cm³/mol. The van der Waals surface area contributed by atoms with Crippen molar-refractivity contribution in [3.05, 3.63) is 42.4 Å². The average Bonchev–Trinajstić information content (AvgIpc) is 2.92. The maximum atomic E-state index is 8.95. The first-order valence-electron chi connectivity index (χ1n) is 7.05. The van der Waals surface area contributed by atoms with E-state index >= 15 is 0 Å². The first-order chi connectivity index (χ1) is 9.70. The van der Waals surface area contributed by atoms with Gasteiger partial charge in [0.1, 0.15) is 0 Å². The largest absolute Gasteiger partial charge is 0.439 e. The fourth-order valence-electron chi connectivity index (χ4n) is 2.09. The van der Waals surface area contributed by atoms with Crippen LogP contribution >= 0.6 is 0 Å². The summed E-state index contributed by atoms with van der Waals surface area (Å²) in [6, 6.07) is 10.4. The summed E-state index contributed by atoms with van der Waals surface area (Å²) in [4.78, 5) is 6.60. The van der Waals surface area contributed by atoms with Crippen molar-refractivity contribution < 1.29 is 9.52 Å². The van der Waals surface area contributed by atoms with E-state index in [-0.39, 0.29) is 6.61 Å². The molecule has 1 N–H and O–H groups in total. The highest BCUT2D eigenvalue weighted by atomic mass is 16.4.